The van der Waals surface area contributed by atoms with Crippen LogP contribution >= 0.6 is 0 Å². The zero-order valence-electron chi connectivity index (χ0n) is 11.3. The van der Waals surface area contributed by atoms with Crippen LogP contribution < -0.4 is 20.5 Å². The number of carbonyl (C=O) groups excluding carboxylic acids is 1. The van der Waals surface area contributed by atoms with Crippen LogP contribution in [-0.2, 0) is 0 Å². The van der Waals surface area contributed by atoms with Gasteiger partial charge in [-0.15, -0.1) is 8.78 Å². The van der Waals surface area contributed by atoms with Crippen molar-refractivity contribution in [3.63, 3.8) is 0 Å². The van der Waals surface area contributed by atoms with E-state index in [-0.39, 0.29) is 33.7 Å². The largest absolute Gasteiger partial charge is 0.586 e. The number of hydrogen-bond acceptors (Lipinski definition) is 5. The Morgan fingerprint density at radius 3 is 2.45 bits per heavy atom. The number of nitrogens with two attached hydrogens (primary N) is 1. The molecule has 1 aliphatic heterocycles. The van der Waals surface area contributed by atoms with Crippen LogP contribution in [0, 0.1) is 16.7 Å². The third-order valence-corrected chi connectivity index (χ3v) is 4.46. The Bertz CT molecular complexity index is 737. The Kier molecular flexibility index (Phi) is 2.15. The lowest BCUT2D eigenvalue weighted by Crippen LogP contribution is -2.74. The fraction of sp³-hybridized carbons (Fsp3) is 0.429. The van der Waals surface area contributed by atoms with E-state index in [9.17, 15) is 13.6 Å². The number of nitriles is 1. The second-order valence-corrected chi connectivity index (χ2v) is 6.21. The van der Waals surface area contributed by atoms with Crippen LogP contribution in [0.15, 0.2) is 12.1 Å². The highest BCUT2D eigenvalue weighted by atomic mass is 19.3. The van der Waals surface area contributed by atoms with Crippen LogP contribution in [0.25, 0.3) is 0 Å². The zero-order chi connectivity index (χ0) is 15.8. The van der Waals surface area contributed by atoms with E-state index >= 15 is 0 Å². The topological polar surface area (TPSA) is 97.4 Å². The summed E-state index contributed by atoms with van der Waals surface area (Å²) in [6, 6.07) is 4.53. The minimum atomic E-state index is -3.75. The number of nitrogens with zero attached hydrogens (tertiary/aromatic N) is 1. The third kappa shape index (κ3) is 1.65. The molecular weight excluding hydrogens is 296 g/mol. The van der Waals surface area contributed by atoms with Gasteiger partial charge >= 0.3 is 6.29 Å². The first-order chi connectivity index (χ1) is 10.3. The van der Waals surface area contributed by atoms with E-state index in [1.54, 1.807) is 0 Å². The minimum absolute atomic E-state index is 0.0270. The first kappa shape index (κ1) is 13.1. The molecule has 6 nitrogen and oxygen atoms in total. The molecule has 1 heterocycles. The second-order valence-electron chi connectivity index (χ2n) is 6.21. The molecule has 1 amide bonds. The zero-order valence-corrected chi connectivity index (χ0v) is 11.3. The molecule has 22 heavy (non-hydrogen) atoms. The Morgan fingerprint density at radius 2 is 1.86 bits per heavy atom. The first-order valence-electron chi connectivity index (χ1n) is 6.69. The Hall–Kier alpha value is -2.56. The van der Waals surface area contributed by atoms with Gasteiger partial charge in [-0.05, 0) is 25.3 Å². The van der Waals surface area contributed by atoms with Crippen molar-refractivity contribution < 1.29 is 23.0 Å². The van der Waals surface area contributed by atoms with E-state index in [1.165, 1.54) is 0 Å². The van der Waals surface area contributed by atoms with Crippen molar-refractivity contribution in [3.8, 4) is 17.6 Å². The van der Waals surface area contributed by atoms with E-state index in [0.29, 0.717) is 19.3 Å². The fourth-order valence-corrected chi connectivity index (χ4v) is 3.56. The molecule has 1 aromatic carbocycles. The summed E-state index contributed by atoms with van der Waals surface area (Å²) in [6.45, 7) is 0. The molecule has 114 valence electrons. The molecule has 0 aromatic heterocycles. The maximum atomic E-state index is 13.0. The quantitative estimate of drug-likeness (QED) is 0.811. The van der Waals surface area contributed by atoms with E-state index in [4.69, 9.17) is 11.0 Å². The van der Waals surface area contributed by atoms with E-state index < -0.39 is 12.2 Å². The van der Waals surface area contributed by atoms with Gasteiger partial charge in [-0.2, -0.15) is 5.26 Å². The molecule has 3 N–H and O–H groups in total. The number of ether oxygens (including phenoxy) is 2. The summed E-state index contributed by atoms with van der Waals surface area (Å²) in [4.78, 5) is 12.3. The molecule has 1 aromatic rings. The standard InChI is InChI=1S/C14H11F2N3O3/c15-14(16)21-9-1-7(8(18)2-10(9)22-14)11(20)19-13-3-12(4-13,5-13)6-17/h1-2H,3-5,18H2,(H,19,20). The first-order valence-corrected chi connectivity index (χ1v) is 6.69. The van der Waals surface area contributed by atoms with Gasteiger partial charge in [0, 0.05) is 17.3 Å². The lowest BCUT2D eigenvalue weighted by molar-refractivity contribution is -0.286. The van der Waals surface area contributed by atoms with Crippen molar-refractivity contribution in [2.75, 3.05) is 5.73 Å². The van der Waals surface area contributed by atoms with Gasteiger partial charge in [-0.25, -0.2) is 0 Å². The molecule has 0 radical (unpaired) electrons. The summed E-state index contributed by atoms with van der Waals surface area (Å²) in [5.41, 5.74) is 5.15. The minimum Gasteiger partial charge on any atom is -0.398 e. The lowest BCUT2D eigenvalue weighted by atomic mass is 9.40. The van der Waals surface area contributed by atoms with Gasteiger partial charge in [0.25, 0.3) is 5.91 Å². The smallest absolute Gasteiger partial charge is 0.398 e. The summed E-state index contributed by atoms with van der Waals surface area (Å²) in [5, 5.41) is 11.8. The molecule has 3 fully saturated rings. The van der Waals surface area contributed by atoms with Gasteiger partial charge in [0.05, 0.1) is 17.0 Å². The fourth-order valence-electron chi connectivity index (χ4n) is 3.56. The number of carbonyl (C=O) groups is 1. The normalized spacial score (nSPS) is 32.4. The van der Waals surface area contributed by atoms with E-state index in [0.717, 1.165) is 12.1 Å². The van der Waals surface area contributed by atoms with Crippen molar-refractivity contribution in [3.05, 3.63) is 17.7 Å². The van der Waals surface area contributed by atoms with Crippen LogP contribution in [-0.4, -0.2) is 17.7 Å². The average molecular weight is 307 g/mol. The van der Waals surface area contributed by atoms with Gasteiger partial charge in [0.15, 0.2) is 11.5 Å². The Morgan fingerprint density at radius 1 is 1.27 bits per heavy atom. The number of nitrogen functional groups attached to an aromatic ring is 1. The van der Waals surface area contributed by atoms with Crippen LogP contribution in [0.3, 0.4) is 0 Å². The number of fused-ring (bicyclic) bond motifs is 1. The number of halogens is 2. The van der Waals surface area contributed by atoms with Crippen LogP contribution in [0.4, 0.5) is 14.5 Å². The molecule has 4 aliphatic rings. The number of hydrogen-bond donors (Lipinski definition) is 2. The predicted molar refractivity (Wildman–Crippen MR) is 69.2 cm³/mol. The second kappa shape index (κ2) is 3.61. The van der Waals surface area contributed by atoms with Gasteiger partial charge in [0.2, 0.25) is 0 Å². The summed E-state index contributed by atoms with van der Waals surface area (Å²) in [7, 11) is 0. The highest BCUT2D eigenvalue weighted by Crippen LogP contribution is 2.66. The molecule has 3 aliphatic carbocycles. The monoisotopic (exact) mass is 307 g/mol. The maximum absolute atomic E-state index is 13.0. The summed E-state index contributed by atoms with van der Waals surface area (Å²) >= 11 is 0. The molecule has 2 bridgehead atoms. The highest BCUT2D eigenvalue weighted by Gasteiger charge is 2.69. The molecule has 0 saturated heterocycles. The van der Waals surface area contributed by atoms with Crippen molar-refractivity contribution in [1.82, 2.24) is 5.32 Å². The summed E-state index contributed by atoms with van der Waals surface area (Å²) < 4.78 is 34.6. The predicted octanol–water partition coefficient (Wildman–Crippen LogP) is 1.77. The molecule has 3 saturated carbocycles. The van der Waals surface area contributed by atoms with E-state index in [1.807, 2.05) is 0 Å². The van der Waals surface area contributed by atoms with Crippen molar-refractivity contribution >= 4 is 11.6 Å². The molecule has 5 rings (SSSR count). The van der Waals surface area contributed by atoms with Gasteiger partial charge in [-0.1, -0.05) is 0 Å². The Labute approximate surface area is 123 Å². The average Bonchev–Trinajstić information content (AvgIpc) is 2.63. The number of amides is 1. The van der Waals surface area contributed by atoms with Crippen molar-refractivity contribution in [1.29, 1.82) is 5.26 Å². The van der Waals surface area contributed by atoms with Crippen LogP contribution in [0.1, 0.15) is 29.6 Å². The number of nitrogens with one attached hydrogen (secondary N) is 1. The Balaban J connectivity index is 1.55. The number of rotatable bonds is 2. The summed E-state index contributed by atoms with van der Waals surface area (Å²) in [6.07, 6.45) is -1.91. The van der Waals surface area contributed by atoms with Crippen LogP contribution in [0.2, 0.25) is 0 Å². The lowest BCUT2D eigenvalue weighted by Gasteiger charge is -2.66. The molecular formula is C14H11F2N3O3. The third-order valence-electron chi connectivity index (χ3n) is 4.46. The van der Waals surface area contributed by atoms with Gasteiger partial charge < -0.3 is 20.5 Å². The summed E-state index contributed by atoms with van der Waals surface area (Å²) in [5.74, 6) is -0.895. The highest BCUT2D eigenvalue weighted by molar-refractivity contribution is 6.00. The maximum Gasteiger partial charge on any atom is 0.586 e. The molecule has 8 heteroatoms. The van der Waals surface area contributed by atoms with E-state index in [2.05, 4.69) is 20.9 Å². The van der Waals surface area contributed by atoms with Crippen molar-refractivity contribution in [2.24, 2.45) is 5.41 Å². The molecule has 0 atom stereocenters. The number of benzene rings is 1. The van der Waals surface area contributed by atoms with Crippen LogP contribution in [0.5, 0.6) is 11.5 Å². The van der Waals surface area contributed by atoms with Crippen molar-refractivity contribution in [2.45, 2.75) is 31.1 Å². The SMILES string of the molecule is N#CC12CC(NC(=O)c3cc4c(cc3N)OC(F)(F)O4)(C1)C2. The number of alkyl halides is 2. The number of anilines is 1. The molecule has 0 spiro atoms. The van der Waals surface area contributed by atoms with Gasteiger partial charge in [0.1, 0.15) is 0 Å². The van der Waals surface area contributed by atoms with Gasteiger partial charge in [-0.3, -0.25) is 4.79 Å². The molecule has 0 unspecified atom stereocenters.